The van der Waals surface area contributed by atoms with Crippen LogP contribution in [0.2, 0.25) is 0 Å². The maximum atomic E-state index is 12.7. The minimum absolute atomic E-state index is 0.0845. The van der Waals surface area contributed by atoms with E-state index in [1.165, 1.54) is 7.11 Å². The molecule has 0 spiro atoms. The third kappa shape index (κ3) is 6.69. The summed E-state index contributed by atoms with van der Waals surface area (Å²) in [6.45, 7) is 8.94. The van der Waals surface area contributed by atoms with Crippen LogP contribution < -0.4 is 5.32 Å². The van der Waals surface area contributed by atoms with E-state index in [1.54, 1.807) is 6.92 Å². The summed E-state index contributed by atoms with van der Waals surface area (Å²) < 4.78 is 5.08. The number of fused-ring (bicyclic) bond motifs is 6. The average Bonchev–Trinajstić information content (AvgIpc) is 3.51. The number of nitrogens with zero attached hydrogens (tertiary/aromatic N) is 1. The number of carbonyl (C=O) groups is 2. The lowest BCUT2D eigenvalue weighted by Gasteiger charge is -2.64. The molecule has 4 fully saturated rings. The molecule has 0 bridgehead atoms. The number of carboxylic acid groups (broad SMARTS) is 1. The van der Waals surface area contributed by atoms with Gasteiger partial charge in [-0.25, -0.2) is 4.79 Å². The number of aliphatic hydroxyl groups is 3. The van der Waals surface area contributed by atoms with Gasteiger partial charge < -0.3 is 30.5 Å². The molecule has 4 saturated carbocycles. The molecule has 7 rings (SSSR count). The summed E-state index contributed by atoms with van der Waals surface area (Å²) >= 11 is 0. The zero-order chi connectivity index (χ0) is 38.6. The van der Waals surface area contributed by atoms with Gasteiger partial charge >= 0.3 is 11.9 Å². The highest BCUT2D eigenvalue weighted by molar-refractivity contribution is 6.06. The molecule has 9 nitrogen and oxygen atoms in total. The Morgan fingerprint density at radius 2 is 1.78 bits per heavy atom. The van der Waals surface area contributed by atoms with Crippen LogP contribution in [0, 0.1) is 65.1 Å². The normalized spacial score (nSPS) is 34.8. The molecule has 1 heterocycles. The number of carbonyl (C=O) groups excluding carboxylic acids is 1. The van der Waals surface area contributed by atoms with Crippen molar-refractivity contribution in [3.8, 4) is 11.8 Å². The number of aryl methyl sites for hydroxylation is 1. The van der Waals surface area contributed by atoms with Crippen molar-refractivity contribution < 1.29 is 34.8 Å². The Morgan fingerprint density at radius 3 is 2.50 bits per heavy atom. The minimum Gasteiger partial charge on any atom is -0.481 e. The molecule has 4 aliphatic carbocycles. The predicted octanol–water partition coefficient (Wildman–Crippen LogP) is 7.13. The number of pyridine rings is 1. The lowest BCUT2D eigenvalue weighted by molar-refractivity contribution is -0.211. The summed E-state index contributed by atoms with van der Waals surface area (Å²) in [6.07, 6.45) is 4.72. The van der Waals surface area contributed by atoms with E-state index in [4.69, 9.17) is 4.74 Å². The third-order valence-electron chi connectivity index (χ3n) is 14.7. The van der Waals surface area contributed by atoms with E-state index in [-0.39, 0.29) is 52.8 Å². The number of benzene rings is 2. The highest BCUT2D eigenvalue weighted by atomic mass is 16.5. The van der Waals surface area contributed by atoms with Gasteiger partial charge in [0.2, 0.25) is 0 Å². The summed E-state index contributed by atoms with van der Waals surface area (Å²) in [4.78, 5) is 28.6. The Bertz CT molecular complexity index is 1970. The fourth-order valence-electron chi connectivity index (χ4n) is 11.8. The molecule has 0 aliphatic heterocycles. The standard InChI is InChI=1S/C45H56N2O7/c1-26(10-17-38(50)51)32-15-16-33-40-34(23-37(49)44(32,33)4)43(3)20-21-45(53,24-30(43)22-36(40)48)19-18-28-11-13-29(14-12-28)25-46-41-31-8-6-7-9-35(31)47-27(2)39(41)42(52)54-5/h6-9,11-14,26,30,32-34,36-37,40,48-49,53H,10,15-17,20-25H2,1-5H3,(H,46,47)(H,50,51)/t26?,30?,32-,33?,34?,36?,37?,40?,43?,44?,45-/m1/s1. The first-order valence-electron chi connectivity index (χ1n) is 19.8. The maximum Gasteiger partial charge on any atom is 0.341 e. The Hall–Kier alpha value is -3.97. The number of aliphatic carboxylic acids is 1. The smallest absolute Gasteiger partial charge is 0.341 e. The Balaban J connectivity index is 1.03. The van der Waals surface area contributed by atoms with Gasteiger partial charge in [0.1, 0.15) is 11.2 Å². The van der Waals surface area contributed by atoms with Crippen molar-refractivity contribution in [2.45, 2.75) is 110 Å². The van der Waals surface area contributed by atoms with Gasteiger partial charge in [-0.05, 0) is 128 Å². The average molecular weight is 737 g/mol. The summed E-state index contributed by atoms with van der Waals surface area (Å²) in [5, 5.41) is 49.2. The monoisotopic (exact) mass is 736 g/mol. The summed E-state index contributed by atoms with van der Waals surface area (Å²) in [6, 6.07) is 15.6. The van der Waals surface area contributed by atoms with E-state index in [0.29, 0.717) is 55.6 Å². The van der Waals surface area contributed by atoms with Crippen molar-refractivity contribution in [2.24, 2.45) is 46.3 Å². The van der Waals surface area contributed by atoms with Gasteiger partial charge in [-0.2, -0.15) is 0 Å². The molecule has 11 atom stereocenters. The third-order valence-corrected chi connectivity index (χ3v) is 14.7. The molecule has 2 aromatic carbocycles. The number of rotatable bonds is 8. The van der Waals surface area contributed by atoms with Crippen molar-refractivity contribution in [1.29, 1.82) is 0 Å². The second-order valence-corrected chi connectivity index (χ2v) is 17.5. The number of carboxylic acids is 1. The van der Waals surface area contributed by atoms with Crippen LogP contribution in [0.25, 0.3) is 10.9 Å². The van der Waals surface area contributed by atoms with Gasteiger partial charge in [0, 0.05) is 23.9 Å². The number of aliphatic hydroxyl groups excluding tert-OH is 2. The van der Waals surface area contributed by atoms with E-state index in [0.717, 1.165) is 41.3 Å². The summed E-state index contributed by atoms with van der Waals surface area (Å²) in [5.74, 6) is 6.21. The lowest BCUT2D eigenvalue weighted by atomic mass is 9.42. The molecular weight excluding hydrogens is 681 g/mol. The highest BCUT2D eigenvalue weighted by Crippen LogP contribution is 2.69. The van der Waals surface area contributed by atoms with Crippen LogP contribution in [-0.2, 0) is 16.1 Å². The second-order valence-electron chi connectivity index (χ2n) is 17.5. The van der Waals surface area contributed by atoms with E-state index in [1.807, 2.05) is 48.5 Å². The van der Waals surface area contributed by atoms with E-state index in [9.17, 15) is 30.0 Å². The quantitative estimate of drug-likeness (QED) is 0.120. The minimum atomic E-state index is -1.17. The number of anilines is 1. The number of nitrogens with one attached hydrogen (secondary N) is 1. The van der Waals surface area contributed by atoms with E-state index >= 15 is 0 Å². The van der Waals surface area contributed by atoms with Crippen LogP contribution in [0.5, 0.6) is 0 Å². The van der Waals surface area contributed by atoms with Gasteiger partial charge in [-0.1, -0.05) is 62.9 Å². The van der Waals surface area contributed by atoms with Crippen molar-refractivity contribution in [2.75, 3.05) is 12.4 Å². The van der Waals surface area contributed by atoms with Gasteiger partial charge in [-0.3, -0.25) is 9.78 Å². The lowest BCUT2D eigenvalue weighted by Crippen LogP contribution is -2.63. The number of ether oxygens (including phenoxy) is 1. The Morgan fingerprint density at radius 1 is 1.04 bits per heavy atom. The number of esters is 1. The summed E-state index contributed by atoms with van der Waals surface area (Å²) in [7, 11) is 1.37. The van der Waals surface area contributed by atoms with Gasteiger partial charge in [0.25, 0.3) is 0 Å². The predicted molar refractivity (Wildman–Crippen MR) is 207 cm³/mol. The molecule has 1 aromatic heterocycles. The first-order chi connectivity index (χ1) is 25.7. The second kappa shape index (κ2) is 14.6. The largest absolute Gasteiger partial charge is 0.481 e. The molecule has 54 heavy (non-hydrogen) atoms. The van der Waals surface area contributed by atoms with Crippen LogP contribution in [-0.4, -0.2) is 62.3 Å². The van der Waals surface area contributed by atoms with Crippen molar-refractivity contribution in [3.63, 3.8) is 0 Å². The molecule has 0 amide bonds. The van der Waals surface area contributed by atoms with Crippen LogP contribution >= 0.6 is 0 Å². The fraction of sp³-hybridized carbons (Fsp3) is 0.578. The molecule has 288 valence electrons. The van der Waals surface area contributed by atoms with Crippen LogP contribution in [0.1, 0.15) is 106 Å². The van der Waals surface area contributed by atoms with Crippen LogP contribution in [0.4, 0.5) is 5.69 Å². The van der Waals surface area contributed by atoms with Crippen LogP contribution in [0.15, 0.2) is 48.5 Å². The zero-order valence-electron chi connectivity index (χ0n) is 32.3. The van der Waals surface area contributed by atoms with Gasteiger partial charge in [-0.15, -0.1) is 0 Å². The highest BCUT2D eigenvalue weighted by Gasteiger charge is 2.66. The Kier molecular flexibility index (Phi) is 10.4. The van der Waals surface area contributed by atoms with Crippen molar-refractivity contribution in [3.05, 3.63) is 70.9 Å². The zero-order valence-corrected chi connectivity index (χ0v) is 32.3. The first-order valence-corrected chi connectivity index (χ1v) is 19.8. The first kappa shape index (κ1) is 38.3. The van der Waals surface area contributed by atoms with Gasteiger partial charge in [0.15, 0.2) is 0 Å². The van der Waals surface area contributed by atoms with E-state index in [2.05, 4.69) is 42.9 Å². The van der Waals surface area contributed by atoms with Crippen molar-refractivity contribution in [1.82, 2.24) is 4.98 Å². The number of para-hydroxylation sites is 1. The van der Waals surface area contributed by atoms with Crippen LogP contribution in [0.3, 0.4) is 0 Å². The number of aromatic nitrogens is 1. The topological polar surface area (TPSA) is 149 Å². The van der Waals surface area contributed by atoms with Gasteiger partial charge in [0.05, 0.1) is 36.2 Å². The fourth-order valence-corrected chi connectivity index (χ4v) is 11.8. The molecule has 4 aliphatic rings. The number of hydrogen-bond acceptors (Lipinski definition) is 8. The molecule has 5 N–H and O–H groups in total. The molecular formula is C45H56N2O7. The summed E-state index contributed by atoms with van der Waals surface area (Å²) in [5.41, 5.74) is 2.67. The molecule has 9 unspecified atom stereocenters. The molecule has 0 radical (unpaired) electrons. The molecule has 0 saturated heterocycles. The van der Waals surface area contributed by atoms with Crippen molar-refractivity contribution >= 4 is 28.5 Å². The molecule has 3 aromatic rings. The SMILES string of the molecule is COC(=O)c1c(C)nc2ccccc2c1NCc1ccc(C#C[C@@]2(O)CCC3(C)C(CC(O)C4C3CC(O)C3(C)C4CC[C@@H]3C(C)CCC(=O)O)C2)cc1. The number of methoxy groups -OCH3 is 1. The Labute approximate surface area is 318 Å². The van der Waals surface area contributed by atoms with E-state index < -0.39 is 29.7 Å². The molecule has 9 heteroatoms. The number of hydrogen-bond donors (Lipinski definition) is 5. The maximum absolute atomic E-state index is 12.7.